The predicted octanol–water partition coefficient (Wildman–Crippen LogP) is 1.53. The zero-order valence-electron chi connectivity index (χ0n) is 11.8. The maximum atomic E-state index is 13.0. The Balaban J connectivity index is 1.88. The first-order chi connectivity index (χ1) is 10.5. The van der Waals surface area contributed by atoms with E-state index in [1.165, 1.54) is 28.8 Å². The Labute approximate surface area is 130 Å². The highest BCUT2D eigenvalue weighted by Crippen LogP contribution is 2.46. The Bertz CT molecular complexity index is 633. The van der Waals surface area contributed by atoms with E-state index in [9.17, 15) is 18.8 Å². The monoisotopic (exact) mass is 323 g/mol. The molecule has 2 heterocycles. The summed E-state index contributed by atoms with van der Waals surface area (Å²) in [4.78, 5) is 38.1. The minimum Gasteiger partial charge on any atom is -0.465 e. The van der Waals surface area contributed by atoms with Crippen molar-refractivity contribution >= 4 is 29.4 Å². The van der Waals surface area contributed by atoms with E-state index in [1.54, 1.807) is 19.1 Å². The molecule has 5 nitrogen and oxygen atoms in total. The molecule has 0 aliphatic carbocycles. The number of thioether (sulfide) groups is 1. The predicted molar refractivity (Wildman–Crippen MR) is 77.4 cm³/mol. The number of nitrogens with zero attached hydrogens (tertiary/aromatic N) is 1. The van der Waals surface area contributed by atoms with Gasteiger partial charge in [-0.1, -0.05) is 12.1 Å². The Morgan fingerprint density at radius 3 is 2.68 bits per heavy atom. The average Bonchev–Trinajstić information content (AvgIpc) is 3.02. The van der Waals surface area contributed by atoms with Crippen LogP contribution in [0, 0.1) is 11.7 Å². The van der Waals surface area contributed by atoms with Gasteiger partial charge in [-0.3, -0.25) is 14.4 Å². The fourth-order valence-corrected chi connectivity index (χ4v) is 4.24. The van der Waals surface area contributed by atoms with E-state index >= 15 is 0 Å². The number of hydrogen-bond acceptors (Lipinski definition) is 5. The van der Waals surface area contributed by atoms with E-state index in [0.29, 0.717) is 5.75 Å². The molecule has 0 aromatic heterocycles. The molecule has 0 radical (unpaired) electrons. The molecule has 2 fully saturated rings. The average molecular weight is 323 g/mol. The number of rotatable bonds is 3. The molecule has 2 saturated heterocycles. The van der Waals surface area contributed by atoms with Crippen molar-refractivity contribution < 1.29 is 23.5 Å². The number of halogens is 1. The molecule has 3 rings (SSSR count). The second-order valence-corrected chi connectivity index (χ2v) is 6.20. The van der Waals surface area contributed by atoms with Crippen LogP contribution in [0.1, 0.15) is 17.9 Å². The van der Waals surface area contributed by atoms with Gasteiger partial charge in [0.05, 0.1) is 6.61 Å². The summed E-state index contributed by atoms with van der Waals surface area (Å²) < 4.78 is 17.9. The zero-order chi connectivity index (χ0) is 15.9. The van der Waals surface area contributed by atoms with Crippen LogP contribution in [0.5, 0.6) is 0 Å². The highest BCUT2D eigenvalue weighted by atomic mass is 32.2. The van der Waals surface area contributed by atoms with Gasteiger partial charge in [-0.05, 0) is 24.6 Å². The molecule has 1 aromatic rings. The van der Waals surface area contributed by atoms with Crippen LogP contribution in [0.4, 0.5) is 4.39 Å². The van der Waals surface area contributed by atoms with Crippen molar-refractivity contribution in [3.8, 4) is 0 Å². The smallest absolute Gasteiger partial charge is 0.326 e. The second kappa shape index (κ2) is 5.72. The van der Waals surface area contributed by atoms with Crippen LogP contribution in [0.25, 0.3) is 0 Å². The molecule has 1 aromatic carbocycles. The summed E-state index contributed by atoms with van der Waals surface area (Å²) in [6.45, 7) is 1.75. The number of carbonyl (C=O) groups is 3. The van der Waals surface area contributed by atoms with Crippen molar-refractivity contribution in [2.45, 2.75) is 18.3 Å². The highest BCUT2D eigenvalue weighted by molar-refractivity contribution is 7.99. The van der Waals surface area contributed by atoms with E-state index in [2.05, 4.69) is 0 Å². The molecule has 116 valence electrons. The van der Waals surface area contributed by atoms with Gasteiger partial charge in [0.15, 0.2) is 11.7 Å². The normalized spacial score (nSPS) is 27.2. The summed E-state index contributed by atoms with van der Waals surface area (Å²) in [5.74, 6) is -2.99. The van der Waals surface area contributed by atoms with Crippen LogP contribution < -0.4 is 0 Å². The van der Waals surface area contributed by atoms with Crippen LogP contribution in [0.2, 0.25) is 0 Å². The third kappa shape index (κ3) is 2.29. The Morgan fingerprint density at radius 2 is 2.05 bits per heavy atom. The fourth-order valence-electron chi connectivity index (χ4n) is 2.78. The molecule has 1 amide bonds. The molecule has 0 saturated carbocycles. The van der Waals surface area contributed by atoms with E-state index in [4.69, 9.17) is 4.74 Å². The fraction of sp³-hybridized carbons (Fsp3) is 0.400. The van der Waals surface area contributed by atoms with Crippen molar-refractivity contribution in [3.63, 3.8) is 0 Å². The SMILES string of the molecule is CCOC(=O)C1C(=O)C2CS[C@@H](c3ccc(F)cc3)N2C1=O. The van der Waals surface area contributed by atoms with Crippen LogP contribution >= 0.6 is 11.8 Å². The summed E-state index contributed by atoms with van der Waals surface area (Å²) in [5, 5.41) is -0.374. The Kier molecular flexibility index (Phi) is 3.90. The van der Waals surface area contributed by atoms with Crippen LogP contribution in [-0.4, -0.2) is 41.0 Å². The third-order valence-corrected chi connectivity index (χ3v) is 5.12. The number of esters is 1. The standard InChI is InChI=1S/C15H14FNO4S/c1-2-21-15(20)11-12(18)10-7-22-14(17(10)13(11)19)8-3-5-9(16)6-4-8/h3-6,10-11,14H,2,7H2,1H3/t10?,11?,14-/m0/s1. The first kappa shape index (κ1) is 15.0. The van der Waals surface area contributed by atoms with E-state index in [0.717, 1.165) is 5.56 Å². The lowest BCUT2D eigenvalue weighted by atomic mass is 10.0. The molecular formula is C15H14FNO4S. The van der Waals surface area contributed by atoms with Crippen molar-refractivity contribution in [1.29, 1.82) is 0 Å². The molecule has 7 heteroatoms. The second-order valence-electron chi connectivity index (χ2n) is 5.09. The molecule has 2 aliphatic heterocycles. The number of amides is 1. The minimum absolute atomic E-state index is 0.122. The molecule has 3 atom stereocenters. The largest absolute Gasteiger partial charge is 0.465 e. The lowest BCUT2D eigenvalue weighted by molar-refractivity contribution is -0.154. The van der Waals surface area contributed by atoms with Gasteiger partial charge in [-0.2, -0.15) is 0 Å². The summed E-state index contributed by atoms with van der Waals surface area (Å²) >= 11 is 1.44. The zero-order valence-corrected chi connectivity index (χ0v) is 12.6. The topological polar surface area (TPSA) is 63.7 Å². The number of carbonyl (C=O) groups excluding carboxylic acids is 3. The van der Waals surface area contributed by atoms with Crippen molar-refractivity contribution in [3.05, 3.63) is 35.6 Å². The van der Waals surface area contributed by atoms with Gasteiger partial charge in [0.25, 0.3) is 0 Å². The number of benzene rings is 1. The number of Topliss-reactive ketones (excluding diaryl/α,β-unsaturated/α-hetero) is 1. The molecule has 0 spiro atoms. The van der Waals surface area contributed by atoms with Crippen molar-refractivity contribution in [1.82, 2.24) is 4.90 Å². The molecule has 2 aliphatic rings. The van der Waals surface area contributed by atoms with Crippen molar-refractivity contribution in [2.75, 3.05) is 12.4 Å². The van der Waals surface area contributed by atoms with Gasteiger partial charge in [-0.25, -0.2) is 4.39 Å². The number of ether oxygens (including phenoxy) is 1. The lowest BCUT2D eigenvalue weighted by Crippen LogP contribution is -2.33. The minimum atomic E-state index is -1.35. The lowest BCUT2D eigenvalue weighted by Gasteiger charge is -2.22. The van der Waals surface area contributed by atoms with Gasteiger partial charge in [0, 0.05) is 5.75 Å². The highest BCUT2D eigenvalue weighted by Gasteiger charge is 2.57. The van der Waals surface area contributed by atoms with Gasteiger partial charge >= 0.3 is 5.97 Å². The summed E-state index contributed by atoms with van der Waals surface area (Å²) in [5.41, 5.74) is 0.736. The summed E-state index contributed by atoms with van der Waals surface area (Å²) in [6.07, 6.45) is 0. The molecule has 0 bridgehead atoms. The van der Waals surface area contributed by atoms with Crippen LogP contribution in [0.3, 0.4) is 0 Å². The quantitative estimate of drug-likeness (QED) is 0.623. The first-order valence-corrected chi connectivity index (χ1v) is 7.99. The Hall–Kier alpha value is -1.89. The molecule has 22 heavy (non-hydrogen) atoms. The summed E-state index contributed by atoms with van der Waals surface area (Å²) in [7, 11) is 0. The number of fused-ring (bicyclic) bond motifs is 1. The van der Waals surface area contributed by atoms with Gasteiger partial charge in [0.1, 0.15) is 17.2 Å². The maximum Gasteiger partial charge on any atom is 0.326 e. The third-order valence-electron chi connectivity index (χ3n) is 3.79. The van der Waals surface area contributed by atoms with Gasteiger partial charge in [0.2, 0.25) is 5.91 Å². The molecular weight excluding hydrogens is 309 g/mol. The Morgan fingerprint density at radius 1 is 1.36 bits per heavy atom. The first-order valence-electron chi connectivity index (χ1n) is 6.94. The number of hydrogen-bond donors (Lipinski definition) is 0. The molecule has 0 N–H and O–H groups in total. The molecule has 2 unspecified atom stereocenters. The van der Waals surface area contributed by atoms with Gasteiger partial charge in [-0.15, -0.1) is 11.8 Å². The van der Waals surface area contributed by atoms with Crippen LogP contribution in [-0.2, 0) is 19.1 Å². The van der Waals surface area contributed by atoms with E-state index in [-0.39, 0.29) is 17.8 Å². The van der Waals surface area contributed by atoms with Gasteiger partial charge < -0.3 is 9.64 Å². The van der Waals surface area contributed by atoms with Crippen molar-refractivity contribution in [2.24, 2.45) is 5.92 Å². The van der Waals surface area contributed by atoms with E-state index in [1.807, 2.05) is 0 Å². The van der Waals surface area contributed by atoms with Crippen LogP contribution in [0.15, 0.2) is 24.3 Å². The van der Waals surface area contributed by atoms with E-state index < -0.39 is 29.6 Å². The number of ketones is 1. The maximum absolute atomic E-state index is 13.0. The summed E-state index contributed by atoms with van der Waals surface area (Å²) in [6, 6.07) is 5.19.